The van der Waals surface area contributed by atoms with Crippen LogP contribution in [0.15, 0.2) is 42.5 Å². The second kappa shape index (κ2) is 8.22. The Hall–Kier alpha value is -1.72. The maximum absolute atomic E-state index is 13.0. The fourth-order valence-electron chi connectivity index (χ4n) is 1.85. The van der Waals surface area contributed by atoms with Crippen LogP contribution in [0.25, 0.3) is 0 Å². The number of hydrogen-bond acceptors (Lipinski definition) is 3. The van der Waals surface area contributed by atoms with Crippen molar-refractivity contribution in [3.05, 3.63) is 58.9 Å². The Morgan fingerprint density at radius 2 is 2.00 bits per heavy atom. The minimum atomic E-state index is -0.367. The quantitative estimate of drug-likeness (QED) is 0.814. The molecule has 0 bridgehead atoms. The number of thioether (sulfide) groups is 1. The summed E-state index contributed by atoms with van der Waals surface area (Å²) >= 11 is 7.43. The van der Waals surface area contributed by atoms with Crippen molar-refractivity contribution in [3.8, 4) is 5.75 Å². The SMILES string of the molecule is COc1ccc(NC(=O)C(C)SCc2ccc(F)cc2Cl)cc1. The largest absolute Gasteiger partial charge is 0.497 e. The van der Waals surface area contributed by atoms with Crippen LogP contribution in [-0.4, -0.2) is 18.3 Å². The average Bonchev–Trinajstić information content (AvgIpc) is 2.54. The van der Waals surface area contributed by atoms with Crippen molar-refractivity contribution in [2.45, 2.75) is 17.9 Å². The molecule has 0 aliphatic rings. The molecule has 0 aliphatic heterocycles. The highest BCUT2D eigenvalue weighted by Crippen LogP contribution is 2.25. The summed E-state index contributed by atoms with van der Waals surface area (Å²) in [7, 11) is 1.59. The Morgan fingerprint density at radius 1 is 1.30 bits per heavy atom. The molecule has 1 unspecified atom stereocenters. The summed E-state index contributed by atoms with van der Waals surface area (Å²) in [4.78, 5) is 12.2. The highest BCUT2D eigenvalue weighted by Gasteiger charge is 2.14. The number of carbonyl (C=O) groups excluding carboxylic acids is 1. The normalized spacial score (nSPS) is 11.8. The molecule has 2 rings (SSSR count). The first-order valence-corrected chi connectivity index (χ1v) is 8.42. The maximum Gasteiger partial charge on any atom is 0.237 e. The van der Waals surface area contributed by atoms with Crippen molar-refractivity contribution in [1.29, 1.82) is 0 Å². The minimum Gasteiger partial charge on any atom is -0.497 e. The van der Waals surface area contributed by atoms with E-state index in [-0.39, 0.29) is 17.0 Å². The van der Waals surface area contributed by atoms with Gasteiger partial charge in [-0.2, -0.15) is 0 Å². The van der Waals surface area contributed by atoms with Gasteiger partial charge in [0.15, 0.2) is 0 Å². The van der Waals surface area contributed by atoms with E-state index in [1.165, 1.54) is 23.9 Å². The van der Waals surface area contributed by atoms with Crippen molar-refractivity contribution in [2.75, 3.05) is 12.4 Å². The molecule has 2 aromatic rings. The van der Waals surface area contributed by atoms with Crippen LogP contribution in [0.1, 0.15) is 12.5 Å². The van der Waals surface area contributed by atoms with Crippen LogP contribution in [0, 0.1) is 5.82 Å². The number of ether oxygens (including phenoxy) is 1. The maximum atomic E-state index is 13.0. The van der Waals surface area contributed by atoms with E-state index in [4.69, 9.17) is 16.3 Å². The van der Waals surface area contributed by atoms with E-state index in [2.05, 4.69) is 5.32 Å². The highest BCUT2D eigenvalue weighted by atomic mass is 35.5. The Morgan fingerprint density at radius 3 is 2.61 bits per heavy atom. The molecule has 0 spiro atoms. The van der Waals surface area contributed by atoms with E-state index in [9.17, 15) is 9.18 Å². The lowest BCUT2D eigenvalue weighted by Crippen LogP contribution is -2.22. The molecule has 2 aromatic carbocycles. The van der Waals surface area contributed by atoms with Gasteiger partial charge < -0.3 is 10.1 Å². The van der Waals surface area contributed by atoms with E-state index in [1.54, 1.807) is 37.4 Å². The molecule has 0 saturated carbocycles. The molecule has 0 heterocycles. The van der Waals surface area contributed by atoms with Crippen LogP contribution in [0.5, 0.6) is 5.75 Å². The van der Waals surface area contributed by atoms with Gasteiger partial charge in [0.1, 0.15) is 11.6 Å². The third kappa shape index (κ3) is 5.15. The first kappa shape index (κ1) is 17.6. The molecule has 0 radical (unpaired) electrons. The smallest absolute Gasteiger partial charge is 0.237 e. The number of nitrogens with one attached hydrogen (secondary N) is 1. The number of halogens is 2. The predicted octanol–water partition coefficient (Wildman–Crippen LogP) is 4.75. The van der Waals surface area contributed by atoms with Gasteiger partial charge in [-0.25, -0.2) is 4.39 Å². The lowest BCUT2D eigenvalue weighted by atomic mass is 10.2. The third-order valence-corrected chi connectivity index (χ3v) is 4.77. The van der Waals surface area contributed by atoms with Crippen LogP contribution >= 0.6 is 23.4 Å². The van der Waals surface area contributed by atoms with E-state index in [0.717, 1.165) is 11.3 Å². The van der Waals surface area contributed by atoms with Gasteiger partial charge >= 0.3 is 0 Å². The second-order valence-electron chi connectivity index (χ2n) is 4.91. The standard InChI is InChI=1S/C17H17ClFNO2S/c1-11(23-10-12-3-4-13(19)9-16(12)18)17(21)20-14-5-7-15(22-2)8-6-14/h3-9,11H,10H2,1-2H3,(H,20,21). The molecule has 122 valence electrons. The molecule has 23 heavy (non-hydrogen) atoms. The number of amides is 1. The summed E-state index contributed by atoms with van der Waals surface area (Å²) in [6.45, 7) is 1.82. The van der Waals surface area contributed by atoms with Gasteiger partial charge in [-0.1, -0.05) is 17.7 Å². The second-order valence-corrected chi connectivity index (χ2v) is 6.64. The zero-order chi connectivity index (χ0) is 16.8. The van der Waals surface area contributed by atoms with Crippen molar-refractivity contribution in [1.82, 2.24) is 0 Å². The van der Waals surface area contributed by atoms with Crippen LogP contribution < -0.4 is 10.1 Å². The summed E-state index contributed by atoms with van der Waals surface area (Å²) in [6, 6.07) is 11.4. The highest BCUT2D eigenvalue weighted by molar-refractivity contribution is 7.99. The number of carbonyl (C=O) groups is 1. The molecule has 1 amide bonds. The van der Waals surface area contributed by atoms with Gasteiger partial charge in [-0.3, -0.25) is 4.79 Å². The van der Waals surface area contributed by atoms with Crippen molar-refractivity contribution in [3.63, 3.8) is 0 Å². The number of methoxy groups -OCH3 is 1. The lowest BCUT2D eigenvalue weighted by molar-refractivity contribution is -0.115. The van der Waals surface area contributed by atoms with Gasteiger partial charge in [-0.15, -0.1) is 11.8 Å². The van der Waals surface area contributed by atoms with Gasteiger partial charge in [0.25, 0.3) is 0 Å². The summed E-state index contributed by atoms with van der Waals surface area (Å²) in [5.41, 5.74) is 1.52. The summed E-state index contributed by atoms with van der Waals surface area (Å²) in [6.07, 6.45) is 0. The van der Waals surface area contributed by atoms with Crippen LogP contribution in [-0.2, 0) is 10.5 Å². The fraction of sp³-hybridized carbons (Fsp3) is 0.235. The summed E-state index contributed by atoms with van der Waals surface area (Å²) in [5.74, 6) is 0.805. The Kier molecular flexibility index (Phi) is 6.30. The zero-order valence-corrected chi connectivity index (χ0v) is 14.4. The molecule has 6 heteroatoms. The lowest BCUT2D eigenvalue weighted by Gasteiger charge is -2.13. The number of rotatable bonds is 6. The molecule has 0 saturated heterocycles. The number of benzene rings is 2. The third-order valence-electron chi connectivity index (χ3n) is 3.23. The predicted molar refractivity (Wildman–Crippen MR) is 93.8 cm³/mol. The molecular weight excluding hydrogens is 337 g/mol. The summed E-state index contributed by atoms with van der Waals surface area (Å²) < 4.78 is 18.1. The monoisotopic (exact) mass is 353 g/mol. The van der Waals surface area contributed by atoms with E-state index in [1.807, 2.05) is 6.92 Å². The molecule has 1 N–H and O–H groups in total. The van der Waals surface area contributed by atoms with Gasteiger partial charge in [0.05, 0.1) is 12.4 Å². The Balaban J connectivity index is 1.89. The molecule has 1 atom stereocenters. The Labute approximate surface area is 144 Å². The van der Waals surface area contributed by atoms with E-state index in [0.29, 0.717) is 16.5 Å². The Bertz CT molecular complexity index is 679. The topological polar surface area (TPSA) is 38.3 Å². The average molecular weight is 354 g/mol. The van der Waals surface area contributed by atoms with E-state index >= 15 is 0 Å². The number of anilines is 1. The molecule has 3 nitrogen and oxygen atoms in total. The van der Waals surface area contributed by atoms with Crippen LogP contribution in [0.2, 0.25) is 5.02 Å². The minimum absolute atomic E-state index is 0.0987. The molecule has 0 aliphatic carbocycles. The molecule has 0 fully saturated rings. The van der Waals surface area contributed by atoms with Gasteiger partial charge in [-0.05, 0) is 48.9 Å². The van der Waals surface area contributed by atoms with Gasteiger partial charge in [0, 0.05) is 16.5 Å². The molecular formula is C17H17ClFNO2S. The zero-order valence-electron chi connectivity index (χ0n) is 12.8. The van der Waals surface area contributed by atoms with Crippen molar-refractivity contribution < 1.29 is 13.9 Å². The van der Waals surface area contributed by atoms with Crippen molar-refractivity contribution in [2.24, 2.45) is 0 Å². The first-order valence-electron chi connectivity index (χ1n) is 7.00. The van der Waals surface area contributed by atoms with Crippen LogP contribution in [0.4, 0.5) is 10.1 Å². The van der Waals surface area contributed by atoms with Gasteiger partial charge in [0.2, 0.25) is 5.91 Å². The fourth-order valence-corrected chi connectivity index (χ4v) is 3.05. The van der Waals surface area contributed by atoms with Crippen LogP contribution in [0.3, 0.4) is 0 Å². The first-order chi connectivity index (χ1) is 11.0. The van der Waals surface area contributed by atoms with Crippen molar-refractivity contribution >= 4 is 35.0 Å². The number of hydrogen-bond donors (Lipinski definition) is 1. The molecule has 0 aromatic heterocycles. The van der Waals surface area contributed by atoms with E-state index < -0.39 is 0 Å². The summed E-state index contributed by atoms with van der Waals surface area (Å²) in [5, 5.41) is 2.95.